The fraction of sp³-hybridized carbons (Fsp3) is 0.818. The van der Waals surface area contributed by atoms with Gasteiger partial charge in [0.25, 0.3) is 0 Å². The number of amidine groups is 1. The minimum Gasteiger partial charge on any atom is -0.409 e. The summed E-state index contributed by atoms with van der Waals surface area (Å²) in [6, 6.07) is 0. The number of hydrogen-bond donors (Lipinski definition) is 3. The van der Waals surface area contributed by atoms with Crippen molar-refractivity contribution in [3.05, 3.63) is 0 Å². The lowest BCUT2D eigenvalue weighted by Gasteiger charge is -2.26. The van der Waals surface area contributed by atoms with Gasteiger partial charge < -0.3 is 16.3 Å². The Bertz CT molecular complexity index is 470. The van der Waals surface area contributed by atoms with E-state index in [2.05, 4.69) is 10.5 Å². The smallest absolute Gasteiger partial charge is 0.238 e. The van der Waals surface area contributed by atoms with Crippen molar-refractivity contribution in [3.63, 3.8) is 0 Å². The third-order valence-corrected chi connectivity index (χ3v) is 5.55. The van der Waals surface area contributed by atoms with Crippen molar-refractivity contribution in [1.29, 1.82) is 0 Å². The van der Waals surface area contributed by atoms with E-state index in [1.807, 2.05) is 0 Å². The number of sulfone groups is 1. The van der Waals surface area contributed by atoms with Gasteiger partial charge in [-0.15, -0.1) is 0 Å². The van der Waals surface area contributed by atoms with Gasteiger partial charge in [0, 0.05) is 12.0 Å². The number of nitrogens with one attached hydrogen (secondary N) is 1. The highest BCUT2D eigenvalue weighted by Crippen LogP contribution is 2.20. The molecule has 110 valence electrons. The van der Waals surface area contributed by atoms with E-state index >= 15 is 0 Å². The molecule has 1 aliphatic rings. The zero-order valence-electron chi connectivity index (χ0n) is 11.2. The Labute approximate surface area is 113 Å². The molecule has 1 amide bonds. The van der Waals surface area contributed by atoms with Gasteiger partial charge in [-0.2, -0.15) is 0 Å². The Kier molecular flexibility index (Phi) is 4.78. The van der Waals surface area contributed by atoms with Gasteiger partial charge in [-0.1, -0.05) is 25.4 Å². The summed E-state index contributed by atoms with van der Waals surface area (Å²) in [4.78, 5) is 11.9. The molecule has 1 rings (SSSR count). The first-order valence-electron chi connectivity index (χ1n) is 6.18. The van der Waals surface area contributed by atoms with Gasteiger partial charge in [0.05, 0.1) is 5.75 Å². The summed E-state index contributed by atoms with van der Waals surface area (Å²) in [6.07, 6.45) is 1.71. The molecule has 1 saturated heterocycles. The van der Waals surface area contributed by atoms with Crippen LogP contribution >= 0.6 is 0 Å². The molecule has 0 aromatic rings. The lowest BCUT2D eigenvalue weighted by molar-refractivity contribution is -0.121. The quantitative estimate of drug-likeness (QED) is 0.287. The molecule has 1 aliphatic heterocycles. The van der Waals surface area contributed by atoms with Crippen molar-refractivity contribution in [1.82, 2.24) is 5.32 Å². The summed E-state index contributed by atoms with van der Waals surface area (Å²) in [5.74, 6) is -0.452. The lowest BCUT2D eigenvalue weighted by atomic mass is 9.92. The van der Waals surface area contributed by atoms with E-state index < -0.39 is 26.4 Å². The van der Waals surface area contributed by atoms with Gasteiger partial charge in [-0.25, -0.2) is 8.42 Å². The standard InChI is InChI=1S/C11H21N3O4S/c1-11(2,10(12)14-16)7-13-9(15)8-5-3-4-6-19(8,17)18/h8,16H,3-7H2,1-2H3,(H2,12,14)(H,13,15). The molecule has 0 aromatic heterocycles. The third-order valence-electron chi connectivity index (χ3n) is 3.38. The van der Waals surface area contributed by atoms with Crippen LogP contribution in [0.2, 0.25) is 0 Å². The largest absolute Gasteiger partial charge is 0.409 e. The average Bonchev–Trinajstić information content (AvgIpc) is 2.34. The van der Waals surface area contributed by atoms with E-state index in [1.54, 1.807) is 13.8 Å². The number of carbonyl (C=O) groups is 1. The van der Waals surface area contributed by atoms with E-state index in [9.17, 15) is 13.2 Å². The maximum atomic E-state index is 11.9. The maximum Gasteiger partial charge on any atom is 0.238 e. The number of hydrogen-bond acceptors (Lipinski definition) is 5. The molecule has 0 aromatic carbocycles. The summed E-state index contributed by atoms with van der Waals surface area (Å²) in [5.41, 5.74) is 4.77. The monoisotopic (exact) mass is 291 g/mol. The molecule has 1 atom stereocenters. The van der Waals surface area contributed by atoms with Crippen molar-refractivity contribution >= 4 is 21.6 Å². The van der Waals surface area contributed by atoms with Crippen molar-refractivity contribution in [2.75, 3.05) is 12.3 Å². The van der Waals surface area contributed by atoms with Gasteiger partial charge in [0.15, 0.2) is 9.84 Å². The van der Waals surface area contributed by atoms with Crippen molar-refractivity contribution in [3.8, 4) is 0 Å². The molecule has 7 nitrogen and oxygen atoms in total. The Balaban J connectivity index is 2.66. The predicted octanol–water partition coefficient (Wildman–Crippen LogP) is -0.157. The predicted molar refractivity (Wildman–Crippen MR) is 71.6 cm³/mol. The summed E-state index contributed by atoms with van der Waals surface area (Å²) in [6.45, 7) is 3.50. The molecule has 1 unspecified atom stereocenters. The molecule has 0 aliphatic carbocycles. The minimum atomic E-state index is -3.34. The highest BCUT2D eigenvalue weighted by molar-refractivity contribution is 7.92. The second-order valence-corrected chi connectivity index (χ2v) is 7.74. The Morgan fingerprint density at radius 3 is 2.63 bits per heavy atom. The minimum absolute atomic E-state index is 0.0145. The van der Waals surface area contributed by atoms with Gasteiger partial charge in [-0.05, 0) is 12.8 Å². The molecule has 0 radical (unpaired) electrons. The Morgan fingerprint density at radius 1 is 1.47 bits per heavy atom. The van der Waals surface area contributed by atoms with E-state index in [0.29, 0.717) is 12.8 Å². The molecule has 19 heavy (non-hydrogen) atoms. The number of nitrogens with two attached hydrogens (primary N) is 1. The number of carbonyl (C=O) groups excluding carboxylic acids is 1. The van der Waals surface area contributed by atoms with Gasteiger partial charge in [0.2, 0.25) is 5.91 Å². The maximum absolute atomic E-state index is 11.9. The molecule has 1 fully saturated rings. The lowest BCUT2D eigenvalue weighted by Crippen LogP contribution is -2.48. The average molecular weight is 291 g/mol. The summed E-state index contributed by atoms with van der Waals surface area (Å²) < 4.78 is 23.6. The fourth-order valence-corrected chi connectivity index (χ4v) is 3.72. The van der Waals surface area contributed by atoms with E-state index in [0.717, 1.165) is 6.42 Å². The summed E-state index contributed by atoms with van der Waals surface area (Å²) in [5, 5.41) is 13.1. The van der Waals surface area contributed by atoms with Crippen LogP contribution in [-0.4, -0.2) is 42.9 Å². The SMILES string of the molecule is CC(C)(CNC(=O)C1CCCCS1(=O)=O)C(N)=NO. The van der Waals surface area contributed by atoms with Crippen LogP contribution in [-0.2, 0) is 14.6 Å². The molecule has 0 saturated carbocycles. The van der Waals surface area contributed by atoms with E-state index in [-0.39, 0.29) is 18.1 Å². The number of amides is 1. The van der Waals surface area contributed by atoms with Crippen molar-refractivity contribution in [2.45, 2.75) is 38.4 Å². The summed E-state index contributed by atoms with van der Waals surface area (Å²) in [7, 11) is -3.34. The van der Waals surface area contributed by atoms with Crippen LogP contribution in [0.3, 0.4) is 0 Å². The third kappa shape index (κ3) is 3.82. The van der Waals surface area contributed by atoms with Gasteiger partial charge >= 0.3 is 0 Å². The highest BCUT2D eigenvalue weighted by Gasteiger charge is 2.35. The molecular formula is C11H21N3O4S. The second-order valence-electron chi connectivity index (χ2n) is 5.44. The Hall–Kier alpha value is -1.31. The fourth-order valence-electron chi connectivity index (χ4n) is 1.90. The van der Waals surface area contributed by atoms with Crippen LogP contribution in [0.15, 0.2) is 5.16 Å². The molecule has 4 N–H and O–H groups in total. The first-order valence-corrected chi connectivity index (χ1v) is 7.89. The van der Waals surface area contributed by atoms with Crippen LogP contribution in [0.25, 0.3) is 0 Å². The topological polar surface area (TPSA) is 122 Å². The first-order chi connectivity index (χ1) is 8.70. The molecular weight excluding hydrogens is 270 g/mol. The van der Waals surface area contributed by atoms with Crippen LogP contribution in [0.5, 0.6) is 0 Å². The molecule has 0 spiro atoms. The van der Waals surface area contributed by atoms with Gasteiger partial charge in [-0.3, -0.25) is 4.79 Å². The highest BCUT2D eigenvalue weighted by atomic mass is 32.2. The van der Waals surface area contributed by atoms with Gasteiger partial charge in [0.1, 0.15) is 11.1 Å². The van der Waals surface area contributed by atoms with Crippen LogP contribution in [0.4, 0.5) is 0 Å². The van der Waals surface area contributed by atoms with Crippen LogP contribution in [0, 0.1) is 5.41 Å². The number of rotatable bonds is 4. The van der Waals surface area contributed by atoms with E-state index in [1.165, 1.54) is 0 Å². The zero-order chi connectivity index (χ0) is 14.7. The van der Waals surface area contributed by atoms with Crippen LogP contribution < -0.4 is 11.1 Å². The van der Waals surface area contributed by atoms with Crippen molar-refractivity contribution < 1.29 is 18.4 Å². The van der Waals surface area contributed by atoms with E-state index in [4.69, 9.17) is 10.9 Å². The normalized spacial score (nSPS) is 23.9. The Morgan fingerprint density at radius 2 is 2.11 bits per heavy atom. The first kappa shape index (κ1) is 15.7. The molecule has 1 heterocycles. The molecule has 8 heteroatoms. The number of nitrogens with zero attached hydrogens (tertiary/aromatic N) is 1. The number of oxime groups is 1. The second kappa shape index (κ2) is 5.77. The van der Waals surface area contributed by atoms with Crippen molar-refractivity contribution in [2.24, 2.45) is 16.3 Å². The van der Waals surface area contributed by atoms with Crippen LogP contribution in [0.1, 0.15) is 33.1 Å². The zero-order valence-corrected chi connectivity index (χ0v) is 12.0. The summed E-state index contributed by atoms with van der Waals surface area (Å²) >= 11 is 0. The molecule has 0 bridgehead atoms.